The van der Waals surface area contributed by atoms with Gasteiger partial charge in [-0.3, -0.25) is 0 Å². The van der Waals surface area contributed by atoms with Crippen LogP contribution in [0, 0.1) is 0 Å². The number of rotatable bonds is 3. The third-order valence-electron chi connectivity index (χ3n) is 3.65. The van der Waals surface area contributed by atoms with E-state index in [9.17, 15) is 9.90 Å². The third kappa shape index (κ3) is 2.74. The molecular formula is C14H18N2O5. The number of likely N-dealkylation sites (N-methyl/N-ethyl adjacent to an activating group) is 1. The number of fused-ring (bicyclic) bond motifs is 1. The first kappa shape index (κ1) is 14.0. The number of amides is 2. The lowest BCUT2D eigenvalue weighted by atomic mass is 10.2. The molecule has 2 atom stereocenters. The first-order valence-electron chi connectivity index (χ1n) is 6.92. The Morgan fingerprint density at radius 3 is 2.90 bits per heavy atom. The van der Waals surface area contributed by atoms with Crippen LogP contribution in [0.25, 0.3) is 0 Å². The van der Waals surface area contributed by atoms with E-state index in [1.165, 1.54) is 0 Å². The van der Waals surface area contributed by atoms with E-state index in [2.05, 4.69) is 5.32 Å². The fourth-order valence-electron chi connectivity index (χ4n) is 2.53. The highest BCUT2D eigenvalue weighted by molar-refractivity contribution is 5.90. The Hall–Kier alpha value is -1.99. The van der Waals surface area contributed by atoms with E-state index in [0.717, 1.165) is 0 Å². The number of urea groups is 1. The summed E-state index contributed by atoms with van der Waals surface area (Å²) in [4.78, 5) is 13.9. The van der Waals surface area contributed by atoms with E-state index in [1.54, 1.807) is 23.1 Å². The largest absolute Gasteiger partial charge is 0.454 e. The van der Waals surface area contributed by atoms with Crippen molar-refractivity contribution in [2.75, 3.05) is 31.9 Å². The second-order valence-electron chi connectivity index (χ2n) is 4.96. The minimum atomic E-state index is -0.646. The maximum atomic E-state index is 12.4. The Morgan fingerprint density at radius 2 is 2.19 bits per heavy atom. The summed E-state index contributed by atoms with van der Waals surface area (Å²) >= 11 is 0. The predicted octanol–water partition coefficient (Wildman–Crippen LogP) is 1.03. The van der Waals surface area contributed by atoms with Gasteiger partial charge in [-0.05, 0) is 19.1 Å². The molecule has 2 heterocycles. The highest BCUT2D eigenvalue weighted by Crippen LogP contribution is 2.34. The number of carbonyl (C=O) groups excluding carboxylic acids is 1. The second kappa shape index (κ2) is 5.79. The normalized spacial score (nSPS) is 23.1. The van der Waals surface area contributed by atoms with Crippen LogP contribution >= 0.6 is 0 Å². The van der Waals surface area contributed by atoms with E-state index in [4.69, 9.17) is 14.2 Å². The SMILES string of the molecule is CCN(C(=O)Nc1ccc2c(c1)OCO2)[C@H]1COC[C@@H]1O. The molecule has 0 radical (unpaired) electrons. The van der Waals surface area contributed by atoms with Crippen molar-refractivity contribution in [2.45, 2.75) is 19.1 Å². The quantitative estimate of drug-likeness (QED) is 0.870. The van der Waals surface area contributed by atoms with Gasteiger partial charge in [0.2, 0.25) is 6.79 Å². The molecule has 114 valence electrons. The number of aliphatic hydroxyl groups is 1. The molecule has 2 aliphatic heterocycles. The number of anilines is 1. The fraction of sp³-hybridized carbons (Fsp3) is 0.500. The van der Waals surface area contributed by atoms with Crippen LogP contribution in [0.4, 0.5) is 10.5 Å². The summed E-state index contributed by atoms with van der Waals surface area (Å²) in [5.41, 5.74) is 0.621. The van der Waals surface area contributed by atoms with E-state index < -0.39 is 6.10 Å². The zero-order valence-corrected chi connectivity index (χ0v) is 11.7. The maximum Gasteiger partial charge on any atom is 0.322 e. The van der Waals surface area contributed by atoms with Gasteiger partial charge in [0, 0.05) is 18.3 Å². The molecule has 1 saturated heterocycles. The van der Waals surface area contributed by atoms with Crippen molar-refractivity contribution in [1.82, 2.24) is 4.90 Å². The molecule has 0 aromatic heterocycles. The van der Waals surface area contributed by atoms with Gasteiger partial charge in [-0.25, -0.2) is 4.79 Å². The molecule has 0 bridgehead atoms. The molecule has 2 N–H and O–H groups in total. The maximum absolute atomic E-state index is 12.4. The highest BCUT2D eigenvalue weighted by atomic mass is 16.7. The third-order valence-corrected chi connectivity index (χ3v) is 3.65. The molecule has 2 amide bonds. The number of carbonyl (C=O) groups is 1. The molecule has 1 aromatic carbocycles. The monoisotopic (exact) mass is 294 g/mol. The van der Waals surface area contributed by atoms with Gasteiger partial charge in [-0.1, -0.05) is 0 Å². The van der Waals surface area contributed by atoms with Crippen LogP contribution in [0.15, 0.2) is 18.2 Å². The van der Waals surface area contributed by atoms with Gasteiger partial charge in [0.1, 0.15) is 0 Å². The Morgan fingerprint density at radius 1 is 1.38 bits per heavy atom. The van der Waals surface area contributed by atoms with Gasteiger partial charge in [0.15, 0.2) is 11.5 Å². The highest BCUT2D eigenvalue weighted by Gasteiger charge is 2.33. The summed E-state index contributed by atoms with van der Waals surface area (Å²) < 4.78 is 15.7. The standard InChI is InChI=1S/C14H18N2O5/c1-2-16(10-6-19-7-11(10)17)14(18)15-9-3-4-12-13(5-9)21-8-20-12/h3-5,10-11,17H,2,6-8H2,1H3,(H,15,18)/t10-,11-/m0/s1. The molecule has 7 nitrogen and oxygen atoms in total. The molecule has 1 aromatic rings. The van der Waals surface area contributed by atoms with Gasteiger partial charge in [0.05, 0.1) is 25.4 Å². The molecule has 0 unspecified atom stereocenters. The first-order valence-corrected chi connectivity index (χ1v) is 6.92. The van der Waals surface area contributed by atoms with Crippen molar-refractivity contribution in [3.63, 3.8) is 0 Å². The summed E-state index contributed by atoms with van der Waals surface area (Å²) in [5, 5.41) is 12.7. The summed E-state index contributed by atoms with van der Waals surface area (Å²) in [6.07, 6.45) is -0.646. The molecule has 3 rings (SSSR count). The number of hydrogen-bond donors (Lipinski definition) is 2. The van der Waals surface area contributed by atoms with Crippen LogP contribution in [0.1, 0.15) is 6.92 Å². The molecule has 0 aliphatic carbocycles. The Balaban J connectivity index is 1.69. The average molecular weight is 294 g/mol. The van der Waals surface area contributed by atoms with Gasteiger partial charge >= 0.3 is 6.03 Å². The van der Waals surface area contributed by atoms with Gasteiger partial charge < -0.3 is 29.5 Å². The van der Waals surface area contributed by atoms with E-state index >= 15 is 0 Å². The van der Waals surface area contributed by atoms with E-state index in [-0.39, 0.29) is 25.5 Å². The Labute approximate surface area is 122 Å². The summed E-state index contributed by atoms with van der Waals surface area (Å²) in [7, 11) is 0. The van der Waals surface area contributed by atoms with Gasteiger partial charge in [-0.2, -0.15) is 0 Å². The predicted molar refractivity (Wildman–Crippen MR) is 74.6 cm³/mol. The topological polar surface area (TPSA) is 80.3 Å². The van der Waals surface area contributed by atoms with Crippen LogP contribution in [-0.4, -0.2) is 54.7 Å². The lowest BCUT2D eigenvalue weighted by Crippen LogP contribution is -2.48. The van der Waals surface area contributed by atoms with Crippen LogP contribution in [0.3, 0.4) is 0 Å². The van der Waals surface area contributed by atoms with Crippen molar-refractivity contribution < 1.29 is 24.1 Å². The zero-order valence-electron chi connectivity index (χ0n) is 11.7. The minimum absolute atomic E-state index is 0.194. The lowest BCUT2D eigenvalue weighted by Gasteiger charge is -2.28. The zero-order chi connectivity index (χ0) is 14.8. The molecule has 2 aliphatic rings. The molecule has 0 saturated carbocycles. The smallest absolute Gasteiger partial charge is 0.322 e. The number of aliphatic hydroxyl groups excluding tert-OH is 1. The lowest BCUT2D eigenvalue weighted by molar-refractivity contribution is 0.1000. The van der Waals surface area contributed by atoms with Crippen LogP contribution < -0.4 is 14.8 Å². The Bertz CT molecular complexity index is 536. The molecule has 7 heteroatoms. The van der Waals surface area contributed by atoms with Crippen molar-refractivity contribution in [1.29, 1.82) is 0 Å². The first-order chi connectivity index (χ1) is 10.2. The van der Waals surface area contributed by atoms with Crippen molar-refractivity contribution in [2.24, 2.45) is 0 Å². The Kier molecular flexibility index (Phi) is 3.85. The van der Waals surface area contributed by atoms with Gasteiger partial charge in [-0.15, -0.1) is 0 Å². The number of hydrogen-bond acceptors (Lipinski definition) is 5. The van der Waals surface area contributed by atoms with Gasteiger partial charge in [0.25, 0.3) is 0 Å². The molecule has 21 heavy (non-hydrogen) atoms. The summed E-state index contributed by atoms with van der Waals surface area (Å²) in [6, 6.07) is 4.63. The van der Waals surface area contributed by atoms with Crippen molar-refractivity contribution in [3.05, 3.63) is 18.2 Å². The number of nitrogens with one attached hydrogen (secondary N) is 1. The molecule has 0 spiro atoms. The number of benzene rings is 1. The van der Waals surface area contributed by atoms with E-state index in [1.807, 2.05) is 6.92 Å². The van der Waals surface area contributed by atoms with Crippen LogP contribution in [0.2, 0.25) is 0 Å². The molecular weight excluding hydrogens is 276 g/mol. The van der Waals surface area contributed by atoms with E-state index in [0.29, 0.717) is 30.3 Å². The average Bonchev–Trinajstić information content (AvgIpc) is 3.09. The van der Waals surface area contributed by atoms with Crippen molar-refractivity contribution >= 4 is 11.7 Å². The van der Waals surface area contributed by atoms with Crippen molar-refractivity contribution in [3.8, 4) is 11.5 Å². The second-order valence-corrected chi connectivity index (χ2v) is 4.96. The van der Waals surface area contributed by atoms with Crippen LogP contribution in [-0.2, 0) is 4.74 Å². The van der Waals surface area contributed by atoms with Crippen LogP contribution in [0.5, 0.6) is 11.5 Å². The number of nitrogens with zero attached hydrogens (tertiary/aromatic N) is 1. The fourth-order valence-corrected chi connectivity index (χ4v) is 2.53. The minimum Gasteiger partial charge on any atom is -0.454 e. The summed E-state index contributed by atoms with van der Waals surface area (Å²) in [6.45, 7) is 3.16. The molecule has 1 fully saturated rings. The summed E-state index contributed by atoms with van der Waals surface area (Å²) in [5.74, 6) is 1.28. The number of ether oxygens (including phenoxy) is 3.